The third-order valence-corrected chi connectivity index (χ3v) is 6.31. The molecule has 0 spiro atoms. The van der Waals surface area contributed by atoms with E-state index in [1.165, 1.54) is 23.7 Å². The van der Waals surface area contributed by atoms with Crippen molar-refractivity contribution in [1.29, 1.82) is 0 Å². The van der Waals surface area contributed by atoms with Crippen LogP contribution in [-0.2, 0) is 6.42 Å². The first kappa shape index (κ1) is 20.8. The van der Waals surface area contributed by atoms with E-state index in [1.807, 2.05) is 0 Å². The topological polar surface area (TPSA) is 58.1 Å². The minimum atomic E-state index is -0.239. The van der Waals surface area contributed by atoms with Crippen molar-refractivity contribution >= 4 is 34.2 Å². The van der Waals surface area contributed by atoms with Gasteiger partial charge in [-0.2, -0.15) is 4.37 Å². The number of amides is 1. The largest absolute Gasteiger partial charge is 0.352 e. The zero-order valence-corrected chi connectivity index (χ0v) is 17.9. The van der Waals surface area contributed by atoms with Crippen LogP contribution in [0.15, 0.2) is 48.5 Å². The van der Waals surface area contributed by atoms with Crippen molar-refractivity contribution in [2.24, 2.45) is 5.92 Å². The van der Waals surface area contributed by atoms with Crippen LogP contribution >= 0.6 is 23.1 Å². The van der Waals surface area contributed by atoms with Crippen molar-refractivity contribution in [1.82, 2.24) is 14.7 Å². The molecule has 0 saturated carbocycles. The summed E-state index contributed by atoms with van der Waals surface area (Å²) in [5, 5.41) is 4.50. The molecule has 0 atom stereocenters. The van der Waals surface area contributed by atoms with Gasteiger partial charge in [-0.3, -0.25) is 4.79 Å². The second-order valence-corrected chi connectivity index (χ2v) is 8.61. The second-order valence-electron chi connectivity index (χ2n) is 7.45. The lowest BCUT2D eigenvalue weighted by Crippen LogP contribution is -2.38. The summed E-state index contributed by atoms with van der Waals surface area (Å²) in [6.07, 6.45) is 2.58. The first-order valence-electron chi connectivity index (χ1n) is 9.92. The van der Waals surface area contributed by atoms with Gasteiger partial charge in [-0.1, -0.05) is 29.8 Å². The van der Waals surface area contributed by atoms with Crippen LogP contribution in [0.5, 0.6) is 0 Å². The number of rotatable bonds is 6. The molecular formula is C22H22ClFN4OS. The fourth-order valence-corrected chi connectivity index (χ4v) is 4.45. The maximum atomic E-state index is 13.0. The molecule has 30 heavy (non-hydrogen) atoms. The molecule has 1 amide bonds. The zero-order valence-electron chi connectivity index (χ0n) is 16.4. The van der Waals surface area contributed by atoms with Gasteiger partial charge in [0.1, 0.15) is 11.6 Å². The smallest absolute Gasteiger partial charge is 0.251 e. The lowest BCUT2D eigenvalue weighted by Gasteiger charge is -2.31. The van der Waals surface area contributed by atoms with Gasteiger partial charge in [-0.05, 0) is 54.7 Å². The van der Waals surface area contributed by atoms with Crippen LogP contribution in [-0.4, -0.2) is 34.9 Å². The van der Waals surface area contributed by atoms with Gasteiger partial charge in [-0.25, -0.2) is 9.37 Å². The van der Waals surface area contributed by atoms with Gasteiger partial charge in [0.25, 0.3) is 5.91 Å². The van der Waals surface area contributed by atoms with Crippen molar-refractivity contribution in [2.45, 2.75) is 19.3 Å². The molecule has 5 nitrogen and oxygen atoms in total. The minimum absolute atomic E-state index is 0.0884. The van der Waals surface area contributed by atoms with Crippen molar-refractivity contribution in [3.05, 3.63) is 76.3 Å². The minimum Gasteiger partial charge on any atom is -0.352 e. The number of hydrogen-bond acceptors (Lipinski definition) is 5. The molecule has 1 fully saturated rings. The van der Waals surface area contributed by atoms with Crippen LogP contribution in [0.1, 0.15) is 34.6 Å². The Morgan fingerprint density at radius 3 is 2.70 bits per heavy atom. The van der Waals surface area contributed by atoms with Gasteiger partial charge >= 0.3 is 0 Å². The molecule has 1 aromatic heterocycles. The Balaban J connectivity index is 1.25. The van der Waals surface area contributed by atoms with Gasteiger partial charge in [-0.15, -0.1) is 0 Å². The summed E-state index contributed by atoms with van der Waals surface area (Å²) in [7, 11) is 0. The number of nitrogens with one attached hydrogen (secondary N) is 1. The molecular weight excluding hydrogens is 423 g/mol. The average molecular weight is 445 g/mol. The summed E-state index contributed by atoms with van der Waals surface area (Å²) in [5.41, 5.74) is 1.58. The van der Waals surface area contributed by atoms with E-state index in [0.717, 1.165) is 42.5 Å². The number of carbonyl (C=O) groups is 1. The van der Waals surface area contributed by atoms with E-state index in [1.54, 1.807) is 36.4 Å². The molecule has 0 unspecified atom stereocenters. The van der Waals surface area contributed by atoms with Crippen LogP contribution in [0.25, 0.3) is 0 Å². The molecule has 1 saturated heterocycles. The summed E-state index contributed by atoms with van der Waals surface area (Å²) in [5.74, 6) is 0.875. The Labute approximate surface area is 184 Å². The maximum absolute atomic E-state index is 13.0. The highest BCUT2D eigenvalue weighted by molar-refractivity contribution is 7.09. The summed E-state index contributed by atoms with van der Waals surface area (Å²) >= 11 is 7.36. The zero-order chi connectivity index (χ0) is 20.9. The first-order valence-corrected chi connectivity index (χ1v) is 11.1. The van der Waals surface area contributed by atoms with Crippen molar-refractivity contribution < 1.29 is 9.18 Å². The second kappa shape index (κ2) is 9.53. The molecule has 3 aromatic rings. The molecule has 1 aliphatic heterocycles. The Morgan fingerprint density at radius 1 is 1.20 bits per heavy atom. The summed E-state index contributed by atoms with van der Waals surface area (Å²) in [6, 6.07) is 13.4. The standard InChI is InChI=1S/C22H22ClFN4OS/c23-18-3-1-2-17(13-18)21(29)25-14-16-8-10-28(11-9-16)22-26-20(27-30-22)12-15-4-6-19(24)7-5-15/h1-7,13,16H,8-12,14H2,(H,25,29). The molecule has 2 heterocycles. The Hall–Kier alpha value is -2.51. The Morgan fingerprint density at radius 2 is 1.97 bits per heavy atom. The summed E-state index contributed by atoms with van der Waals surface area (Å²) in [4.78, 5) is 19.2. The number of aromatic nitrogens is 2. The summed E-state index contributed by atoms with van der Waals surface area (Å²) in [6.45, 7) is 2.44. The predicted octanol–water partition coefficient (Wildman–Crippen LogP) is 4.57. The predicted molar refractivity (Wildman–Crippen MR) is 118 cm³/mol. The summed E-state index contributed by atoms with van der Waals surface area (Å²) < 4.78 is 17.5. The highest BCUT2D eigenvalue weighted by Gasteiger charge is 2.22. The van der Waals surface area contributed by atoms with Crippen LogP contribution < -0.4 is 10.2 Å². The Kier molecular flexibility index (Phi) is 6.59. The van der Waals surface area contributed by atoms with Crippen molar-refractivity contribution in [3.8, 4) is 0 Å². The van der Waals surface area contributed by atoms with Gasteiger partial charge < -0.3 is 10.2 Å². The van der Waals surface area contributed by atoms with E-state index in [-0.39, 0.29) is 11.7 Å². The number of benzene rings is 2. The van der Waals surface area contributed by atoms with Crippen LogP contribution in [0.4, 0.5) is 9.52 Å². The Bertz CT molecular complexity index is 1000. The van der Waals surface area contributed by atoms with Crippen molar-refractivity contribution in [2.75, 3.05) is 24.5 Å². The molecule has 2 aromatic carbocycles. The van der Waals surface area contributed by atoms with Crippen LogP contribution in [0.2, 0.25) is 5.02 Å². The lowest BCUT2D eigenvalue weighted by atomic mass is 9.97. The molecule has 0 aliphatic carbocycles. The number of hydrogen-bond donors (Lipinski definition) is 1. The van der Waals surface area contributed by atoms with Gasteiger partial charge in [0.05, 0.1) is 0 Å². The van der Waals surface area contributed by atoms with Crippen molar-refractivity contribution in [3.63, 3.8) is 0 Å². The third kappa shape index (κ3) is 5.34. The van der Waals surface area contributed by atoms with Gasteiger partial charge in [0.2, 0.25) is 5.13 Å². The highest BCUT2D eigenvalue weighted by Crippen LogP contribution is 2.25. The molecule has 1 aliphatic rings. The van der Waals surface area contributed by atoms with E-state index >= 15 is 0 Å². The first-order chi connectivity index (χ1) is 14.6. The van der Waals surface area contributed by atoms with E-state index in [2.05, 4.69) is 19.6 Å². The highest BCUT2D eigenvalue weighted by atomic mass is 35.5. The molecule has 8 heteroatoms. The quantitative estimate of drug-likeness (QED) is 0.605. The molecule has 4 rings (SSSR count). The SMILES string of the molecule is O=C(NCC1CCN(c2nc(Cc3ccc(F)cc3)ns2)CC1)c1cccc(Cl)c1. The number of anilines is 1. The molecule has 1 N–H and O–H groups in total. The average Bonchev–Trinajstić information content (AvgIpc) is 3.22. The van der Waals surface area contributed by atoms with E-state index in [4.69, 9.17) is 11.6 Å². The fraction of sp³-hybridized carbons (Fsp3) is 0.318. The fourth-order valence-electron chi connectivity index (χ4n) is 3.53. The third-order valence-electron chi connectivity index (χ3n) is 5.26. The molecule has 156 valence electrons. The number of carbonyl (C=O) groups excluding carboxylic acids is 1. The number of nitrogens with zero attached hydrogens (tertiary/aromatic N) is 3. The van der Waals surface area contributed by atoms with Crippen LogP contribution in [0.3, 0.4) is 0 Å². The van der Waals surface area contributed by atoms with Crippen LogP contribution in [0, 0.1) is 11.7 Å². The maximum Gasteiger partial charge on any atom is 0.251 e. The van der Waals surface area contributed by atoms with Gasteiger partial charge in [0.15, 0.2) is 0 Å². The lowest BCUT2D eigenvalue weighted by molar-refractivity contribution is 0.0945. The van der Waals surface area contributed by atoms with Gasteiger partial charge in [0, 0.05) is 48.2 Å². The van der Waals surface area contributed by atoms with E-state index in [0.29, 0.717) is 29.5 Å². The normalized spacial score (nSPS) is 14.7. The monoisotopic (exact) mass is 444 g/mol. The number of piperidine rings is 1. The van der Waals surface area contributed by atoms with E-state index < -0.39 is 0 Å². The van der Waals surface area contributed by atoms with E-state index in [9.17, 15) is 9.18 Å². The molecule has 0 bridgehead atoms. The number of halogens is 2. The molecule has 0 radical (unpaired) electrons.